The quantitative estimate of drug-likeness (QED) is 0.883. The monoisotopic (exact) mass is 265 g/mol. The predicted octanol–water partition coefficient (Wildman–Crippen LogP) is 1.93. The summed E-state index contributed by atoms with van der Waals surface area (Å²) in [6, 6.07) is 7.03. The van der Waals surface area contributed by atoms with Gasteiger partial charge in [-0.1, -0.05) is 19.1 Å². The molecule has 1 aromatic carbocycles. The normalized spacial score (nSPS) is 18.6. The van der Waals surface area contributed by atoms with Crippen molar-refractivity contribution >= 4 is 5.69 Å². The van der Waals surface area contributed by atoms with E-state index in [2.05, 4.69) is 16.7 Å². The van der Waals surface area contributed by atoms with Gasteiger partial charge in [0.25, 0.3) is 0 Å². The lowest BCUT2D eigenvalue weighted by Gasteiger charge is -2.36. The van der Waals surface area contributed by atoms with E-state index in [0.717, 1.165) is 51.4 Å². The van der Waals surface area contributed by atoms with Gasteiger partial charge in [-0.2, -0.15) is 0 Å². The Labute approximate surface area is 115 Å². The molecule has 1 saturated heterocycles. The van der Waals surface area contributed by atoms with Gasteiger partial charge in [0, 0.05) is 26.2 Å². The lowest BCUT2D eigenvalue weighted by atomic mass is 10.1. The van der Waals surface area contributed by atoms with Gasteiger partial charge in [0.05, 0.1) is 5.69 Å². The molecule has 1 fully saturated rings. The summed E-state index contributed by atoms with van der Waals surface area (Å²) in [4.78, 5) is 4.59. The molecule has 0 bridgehead atoms. The van der Waals surface area contributed by atoms with Crippen LogP contribution in [-0.4, -0.2) is 44.2 Å². The minimum atomic E-state index is -0.118. The van der Waals surface area contributed by atoms with Crippen molar-refractivity contribution in [3.63, 3.8) is 0 Å². The molecule has 1 aromatic rings. The number of rotatable bonds is 5. The number of piperazine rings is 1. The minimum Gasteiger partial charge on any atom is -0.367 e. The third kappa shape index (κ3) is 3.91. The summed E-state index contributed by atoms with van der Waals surface area (Å²) >= 11 is 0. The highest BCUT2D eigenvalue weighted by Crippen LogP contribution is 2.20. The fourth-order valence-electron chi connectivity index (χ4n) is 2.44. The Kier molecular flexibility index (Phi) is 5.16. The zero-order chi connectivity index (χ0) is 13.7. The molecule has 106 valence electrons. The molecule has 1 aliphatic rings. The molecule has 2 N–H and O–H groups in total. The maximum absolute atomic E-state index is 13.7. The average molecular weight is 265 g/mol. The van der Waals surface area contributed by atoms with Gasteiger partial charge in [-0.15, -0.1) is 0 Å². The Morgan fingerprint density at radius 2 is 1.89 bits per heavy atom. The Bertz CT molecular complexity index is 389. The van der Waals surface area contributed by atoms with Crippen molar-refractivity contribution in [2.75, 3.05) is 44.2 Å². The van der Waals surface area contributed by atoms with Crippen molar-refractivity contribution in [3.8, 4) is 0 Å². The molecule has 1 atom stereocenters. The second-order valence-corrected chi connectivity index (χ2v) is 5.41. The van der Waals surface area contributed by atoms with Crippen LogP contribution in [0.15, 0.2) is 24.3 Å². The standard InChI is InChI=1S/C15H24FN3/c1-13(12-17)6-7-18-8-10-19(11-9-18)15-5-3-2-4-14(15)16/h2-5,13H,6-12,17H2,1H3. The second kappa shape index (κ2) is 6.87. The minimum absolute atomic E-state index is 0.118. The zero-order valence-electron chi connectivity index (χ0n) is 11.7. The highest BCUT2D eigenvalue weighted by Gasteiger charge is 2.19. The first-order chi connectivity index (χ1) is 9.20. The number of anilines is 1. The Morgan fingerprint density at radius 1 is 1.21 bits per heavy atom. The fourth-order valence-corrected chi connectivity index (χ4v) is 2.44. The lowest BCUT2D eigenvalue weighted by molar-refractivity contribution is 0.241. The Balaban J connectivity index is 1.81. The highest BCUT2D eigenvalue weighted by molar-refractivity contribution is 5.47. The van der Waals surface area contributed by atoms with E-state index < -0.39 is 0 Å². The number of benzene rings is 1. The van der Waals surface area contributed by atoms with Crippen molar-refractivity contribution < 1.29 is 4.39 Å². The predicted molar refractivity (Wildman–Crippen MR) is 77.9 cm³/mol. The summed E-state index contributed by atoms with van der Waals surface area (Å²) in [6.07, 6.45) is 1.15. The van der Waals surface area contributed by atoms with Crippen LogP contribution in [0.2, 0.25) is 0 Å². The number of hydrogen-bond acceptors (Lipinski definition) is 3. The number of hydrogen-bond donors (Lipinski definition) is 1. The van der Waals surface area contributed by atoms with Gasteiger partial charge in [-0.25, -0.2) is 4.39 Å². The summed E-state index contributed by atoms with van der Waals surface area (Å²) in [6.45, 7) is 7.86. The molecule has 0 aliphatic carbocycles. The number of para-hydroxylation sites is 1. The SMILES string of the molecule is CC(CN)CCN1CCN(c2ccccc2F)CC1. The van der Waals surface area contributed by atoms with Gasteiger partial charge in [0.2, 0.25) is 0 Å². The molecule has 0 saturated carbocycles. The maximum atomic E-state index is 13.7. The third-order valence-electron chi connectivity index (χ3n) is 3.91. The zero-order valence-corrected chi connectivity index (χ0v) is 11.7. The number of halogens is 1. The van der Waals surface area contributed by atoms with Crippen LogP contribution in [0.1, 0.15) is 13.3 Å². The van der Waals surface area contributed by atoms with Crippen LogP contribution in [0.3, 0.4) is 0 Å². The van der Waals surface area contributed by atoms with Crippen LogP contribution in [0, 0.1) is 11.7 Å². The van der Waals surface area contributed by atoms with E-state index in [0.29, 0.717) is 5.92 Å². The van der Waals surface area contributed by atoms with E-state index in [4.69, 9.17) is 5.73 Å². The highest BCUT2D eigenvalue weighted by atomic mass is 19.1. The van der Waals surface area contributed by atoms with Crippen LogP contribution in [0.25, 0.3) is 0 Å². The van der Waals surface area contributed by atoms with Gasteiger partial charge in [0.15, 0.2) is 0 Å². The molecule has 1 unspecified atom stereocenters. The third-order valence-corrected chi connectivity index (χ3v) is 3.91. The molecule has 0 spiro atoms. The molecule has 0 amide bonds. The van der Waals surface area contributed by atoms with E-state index in [1.165, 1.54) is 6.07 Å². The van der Waals surface area contributed by atoms with Crippen molar-refractivity contribution in [1.82, 2.24) is 4.90 Å². The second-order valence-electron chi connectivity index (χ2n) is 5.41. The Hall–Kier alpha value is -1.13. The molecule has 1 aliphatic heterocycles. The topological polar surface area (TPSA) is 32.5 Å². The van der Waals surface area contributed by atoms with Gasteiger partial charge in [-0.05, 0) is 37.6 Å². The van der Waals surface area contributed by atoms with Crippen LogP contribution in [-0.2, 0) is 0 Å². The molecular weight excluding hydrogens is 241 g/mol. The summed E-state index contributed by atoms with van der Waals surface area (Å²) in [5.74, 6) is 0.470. The first-order valence-electron chi connectivity index (χ1n) is 7.12. The Morgan fingerprint density at radius 3 is 2.53 bits per heavy atom. The van der Waals surface area contributed by atoms with Crippen molar-refractivity contribution in [1.29, 1.82) is 0 Å². The lowest BCUT2D eigenvalue weighted by Crippen LogP contribution is -2.47. The average Bonchev–Trinajstić information content (AvgIpc) is 2.46. The van der Waals surface area contributed by atoms with Crippen LogP contribution in [0.5, 0.6) is 0 Å². The van der Waals surface area contributed by atoms with E-state index in [1.54, 1.807) is 6.07 Å². The number of nitrogens with zero attached hydrogens (tertiary/aromatic N) is 2. The number of nitrogens with two attached hydrogens (primary N) is 1. The van der Waals surface area contributed by atoms with Gasteiger partial charge in [-0.3, -0.25) is 4.90 Å². The van der Waals surface area contributed by atoms with Crippen LogP contribution in [0.4, 0.5) is 10.1 Å². The molecule has 19 heavy (non-hydrogen) atoms. The largest absolute Gasteiger partial charge is 0.367 e. The molecule has 1 heterocycles. The fraction of sp³-hybridized carbons (Fsp3) is 0.600. The summed E-state index contributed by atoms with van der Waals surface area (Å²) in [7, 11) is 0. The summed E-state index contributed by atoms with van der Waals surface area (Å²) < 4.78 is 13.7. The van der Waals surface area contributed by atoms with E-state index in [-0.39, 0.29) is 5.82 Å². The van der Waals surface area contributed by atoms with E-state index in [9.17, 15) is 4.39 Å². The molecule has 3 nitrogen and oxygen atoms in total. The van der Waals surface area contributed by atoms with Crippen LogP contribution >= 0.6 is 0 Å². The molecule has 2 rings (SSSR count). The van der Waals surface area contributed by atoms with E-state index in [1.807, 2.05) is 12.1 Å². The molecule has 4 heteroatoms. The first-order valence-corrected chi connectivity index (χ1v) is 7.12. The molecule has 0 aromatic heterocycles. The van der Waals surface area contributed by atoms with E-state index >= 15 is 0 Å². The van der Waals surface area contributed by atoms with Crippen molar-refractivity contribution in [2.45, 2.75) is 13.3 Å². The first kappa shape index (κ1) is 14.3. The van der Waals surface area contributed by atoms with Gasteiger partial charge in [0.1, 0.15) is 5.82 Å². The molecule has 0 radical (unpaired) electrons. The smallest absolute Gasteiger partial charge is 0.146 e. The van der Waals surface area contributed by atoms with Crippen LogP contribution < -0.4 is 10.6 Å². The van der Waals surface area contributed by atoms with Gasteiger partial charge >= 0.3 is 0 Å². The van der Waals surface area contributed by atoms with Gasteiger partial charge < -0.3 is 10.6 Å². The summed E-state index contributed by atoms with van der Waals surface area (Å²) in [5.41, 5.74) is 6.37. The maximum Gasteiger partial charge on any atom is 0.146 e. The van der Waals surface area contributed by atoms with Crippen molar-refractivity contribution in [2.24, 2.45) is 11.7 Å². The summed E-state index contributed by atoms with van der Waals surface area (Å²) in [5, 5.41) is 0. The molecular formula is C15H24FN3. The van der Waals surface area contributed by atoms with Crippen molar-refractivity contribution in [3.05, 3.63) is 30.1 Å².